The Bertz CT molecular complexity index is 843. The van der Waals surface area contributed by atoms with Crippen molar-refractivity contribution < 1.29 is 13.2 Å². The minimum atomic E-state index is -3.68. The molecule has 138 valence electrons. The lowest BCUT2D eigenvalue weighted by molar-refractivity contribution is -0.131. The van der Waals surface area contributed by atoms with Crippen molar-refractivity contribution in [1.29, 1.82) is 0 Å². The highest BCUT2D eigenvalue weighted by Crippen LogP contribution is 2.16. The summed E-state index contributed by atoms with van der Waals surface area (Å²) in [6.45, 7) is 3.10. The molecule has 0 unspecified atom stereocenters. The molecule has 3 rings (SSSR count). The Morgan fingerprint density at radius 2 is 1.54 bits per heavy atom. The molecule has 2 aromatic carbocycles. The van der Waals surface area contributed by atoms with Crippen molar-refractivity contribution in [2.24, 2.45) is 5.14 Å². The Labute approximate surface area is 154 Å². The van der Waals surface area contributed by atoms with Gasteiger partial charge in [-0.05, 0) is 36.2 Å². The summed E-state index contributed by atoms with van der Waals surface area (Å²) in [6, 6.07) is 16.6. The van der Waals surface area contributed by atoms with Crippen LogP contribution < -0.4 is 10.0 Å². The van der Waals surface area contributed by atoms with E-state index in [-0.39, 0.29) is 10.8 Å². The van der Waals surface area contributed by atoms with E-state index in [0.717, 1.165) is 31.7 Å². The number of nitrogens with two attached hydrogens (primary N) is 1. The molecule has 1 heterocycles. The van der Waals surface area contributed by atoms with Gasteiger partial charge < -0.3 is 9.80 Å². The van der Waals surface area contributed by atoms with Crippen LogP contribution in [0.4, 0.5) is 5.69 Å². The second kappa shape index (κ2) is 7.88. The van der Waals surface area contributed by atoms with Crippen molar-refractivity contribution in [2.75, 3.05) is 31.1 Å². The highest BCUT2D eigenvalue weighted by molar-refractivity contribution is 7.89. The topological polar surface area (TPSA) is 83.7 Å². The van der Waals surface area contributed by atoms with Crippen LogP contribution >= 0.6 is 0 Å². The molecule has 0 saturated carbocycles. The summed E-state index contributed by atoms with van der Waals surface area (Å²) in [5.74, 6) is 0.133. The Hall–Kier alpha value is -2.38. The number of primary sulfonamides is 1. The number of amides is 1. The van der Waals surface area contributed by atoms with Crippen LogP contribution in [0, 0.1) is 0 Å². The van der Waals surface area contributed by atoms with Gasteiger partial charge in [-0.1, -0.05) is 30.3 Å². The van der Waals surface area contributed by atoms with E-state index in [0.29, 0.717) is 12.8 Å². The van der Waals surface area contributed by atoms with Crippen LogP contribution in [0.3, 0.4) is 0 Å². The zero-order chi connectivity index (χ0) is 18.6. The van der Waals surface area contributed by atoms with Crippen LogP contribution in [0.1, 0.15) is 12.0 Å². The second-order valence-electron chi connectivity index (χ2n) is 6.39. The van der Waals surface area contributed by atoms with E-state index in [2.05, 4.69) is 17.0 Å². The normalized spacial score (nSPS) is 15.1. The predicted octanol–water partition coefficient (Wildman–Crippen LogP) is 1.62. The van der Waals surface area contributed by atoms with Gasteiger partial charge in [-0.3, -0.25) is 4.79 Å². The first-order valence-electron chi connectivity index (χ1n) is 8.63. The van der Waals surface area contributed by atoms with Crippen molar-refractivity contribution in [3.8, 4) is 0 Å². The van der Waals surface area contributed by atoms with Gasteiger partial charge in [-0.25, -0.2) is 13.6 Å². The maximum Gasteiger partial charge on any atom is 0.238 e. The van der Waals surface area contributed by atoms with Gasteiger partial charge in [0.25, 0.3) is 0 Å². The van der Waals surface area contributed by atoms with Crippen molar-refractivity contribution in [1.82, 2.24) is 4.90 Å². The lowest BCUT2D eigenvalue weighted by Crippen LogP contribution is -2.48. The average Bonchev–Trinajstić information content (AvgIpc) is 2.66. The van der Waals surface area contributed by atoms with Crippen LogP contribution in [0.25, 0.3) is 0 Å². The van der Waals surface area contributed by atoms with E-state index in [1.807, 2.05) is 23.1 Å². The number of rotatable bonds is 5. The summed E-state index contributed by atoms with van der Waals surface area (Å²) in [5, 5.41) is 5.09. The van der Waals surface area contributed by atoms with Crippen LogP contribution in [0.5, 0.6) is 0 Å². The number of piperazine rings is 1. The number of carbonyl (C=O) groups is 1. The van der Waals surface area contributed by atoms with Crippen molar-refractivity contribution in [3.63, 3.8) is 0 Å². The molecule has 2 aromatic rings. The third-order valence-corrected chi connectivity index (χ3v) is 5.56. The van der Waals surface area contributed by atoms with Gasteiger partial charge >= 0.3 is 0 Å². The average molecular weight is 373 g/mol. The number of aryl methyl sites for hydroxylation is 1. The molecule has 1 amide bonds. The number of benzene rings is 2. The Kier molecular flexibility index (Phi) is 5.58. The Morgan fingerprint density at radius 1 is 0.923 bits per heavy atom. The van der Waals surface area contributed by atoms with E-state index < -0.39 is 10.0 Å². The number of para-hydroxylation sites is 1. The van der Waals surface area contributed by atoms with Crippen LogP contribution in [0.15, 0.2) is 59.5 Å². The van der Waals surface area contributed by atoms with E-state index in [9.17, 15) is 13.2 Å². The highest BCUT2D eigenvalue weighted by Gasteiger charge is 2.21. The van der Waals surface area contributed by atoms with E-state index in [4.69, 9.17) is 5.14 Å². The van der Waals surface area contributed by atoms with E-state index in [1.165, 1.54) is 17.8 Å². The molecular weight excluding hydrogens is 350 g/mol. The summed E-state index contributed by atoms with van der Waals surface area (Å²) in [4.78, 5) is 16.7. The molecule has 0 aromatic heterocycles. The largest absolute Gasteiger partial charge is 0.368 e. The number of hydrogen-bond acceptors (Lipinski definition) is 4. The zero-order valence-corrected chi connectivity index (χ0v) is 15.4. The molecule has 0 spiro atoms. The van der Waals surface area contributed by atoms with Crippen LogP contribution in [-0.4, -0.2) is 45.4 Å². The molecule has 7 heteroatoms. The fourth-order valence-electron chi connectivity index (χ4n) is 3.11. The van der Waals surface area contributed by atoms with Gasteiger partial charge in [0.1, 0.15) is 0 Å². The number of nitrogens with zero attached hydrogens (tertiary/aromatic N) is 2. The zero-order valence-electron chi connectivity index (χ0n) is 14.5. The molecule has 1 aliphatic rings. The summed E-state index contributed by atoms with van der Waals surface area (Å²) < 4.78 is 22.5. The number of anilines is 1. The second-order valence-corrected chi connectivity index (χ2v) is 7.95. The molecule has 0 bridgehead atoms. The maximum absolute atomic E-state index is 12.4. The molecule has 0 aliphatic carbocycles. The molecule has 2 N–H and O–H groups in total. The van der Waals surface area contributed by atoms with Gasteiger partial charge in [-0.2, -0.15) is 0 Å². The fourth-order valence-corrected chi connectivity index (χ4v) is 3.62. The maximum atomic E-state index is 12.4. The summed E-state index contributed by atoms with van der Waals surface area (Å²) in [7, 11) is -3.68. The van der Waals surface area contributed by atoms with Crippen LogP contribution in [0.2, 0.25) is 0 Å². The molecule has 26 heavy (non-hydrogen) atoms. The summed E-state index contributed by atoms with van der Waals surface area (Å²) >= 11 is 0. The lowest BCUT2D eigenvalue weighted by Gasteiger charge is -2.36. The number of sulfonamides is 1. The highest BCUT2D eigenvalue weighted by atomic mass is 32.2. The minimum absolute atomic E-state index is 0.0876. The molecule has 0 radical (unpaired) electrons. The first-order chi connectivity index (χ1) is 12.4. The minimum Gasteiger partial charge on any atom is -0.368 e. The standard InChI is InChI=1S/C19H23N3O3S/c20-26(24,25)18-9-6-16(7-10-18)8-11-19(23)22-14-12-21(13-15-22)17-4-2-1-3-5-17/h1-7,9-10H,8,11-15H2,(H2,20,24,25). The third-order valence-electron chi connectivity index (χ3n) is 4.63. The number of hydrogen-bond donors (Lipinski definition) is 1. The first-order valence-corrected chi connectivity index (χ1v) is 10.2. The fraction of sp³-hybridized carbons (Fsp3) is 0.316. The van der Waals surface area contributed by atoms with Crippen molar-refractivity contribution in [2.45, 2.75) is 17.7 Å². The van der Waals surface area contributed by atoms with Gasteiger partial charge in [-0.15, -0.1) is 0 Å². The smallest absolute Gasteiger partial charge is 0.238 e. The van der Waals surface area contributed by atoms with E-state index >= 15 is 0 Å². The van der Waals surface area contributed by atoms with Gasteiger partial charge in [0, 0.05) is 38.3 Å². The summed E-state index contributed by atoms with van der Waals surface area (Å²) in [6.07, 6.45) is 1.00. The third kappa shape index (κ3) is 4.62. The Balaban J connectivity index is 1.49. The lowest BCUT2D eigenvalue weighted by atomic mass is 10.1. The molecule has 1 fully saturated rings. The molecule has 0 atom stereocenters. The quantitative estimate of drug-likeness (QED) is 0.863. The van der Waals surface area contributed by atoms with Gasteiger partial charge in [0.2, 0.25) is 15.9 Å². The molecule has 1 aliphatic heterocycles. The van der Waals surface area contributed by atoms with Gasteiger partial charge in [0.15, 0.2) is 0 Å². The van der Waals surface area contributed by atoms with Crippen molar-refractivity contribution >= 4 is 21.6 Å². The number of carbonyl (C=O) groups excluding carboxylic acids is 1. The molecular formula is C19H23N3O3S. The summed E-state index contributed by atoms with van der Waals surface area (Å²) in [5.41, 5.74) is 2.11. The van der Waals surface area contributed by atoms with E-state index in [1.54, 1.807) is 12.1 Å². The molecule has 6 nitrogen and oxygen atoms in total. The monoisotopic (exact) mass is 373 g/mol. The first kappa shape index (κ1) is 18.4. The molecule has 1 saturated heterocycles. The van der Waals surface area contributed by atoms with Crippen molar-refractivity contribution in [3.05, 3.63) is 60.2 Å². The predicted molar refractivity (Wildman–Crippen MR) is 101 cm³/mol. The van der Waals surface area contributed by atoms with Gasteiger partial charge in [0.05, 0.1) is 4.90 Å². The van der Waals surface area contributed by atoms with Crippen LogP contribution in [-0.2, 0) is 21.2 Å². The Morgan fingerprint density at radius 3 is 2.12 bits per heavy atom. The SMILES string of the molecule is NS(=O)(=O)c1ccc(CCC(=O)N2CCN(c3ccccc3)CC2)cc1.